The second kappa shape index (κ2) is 10.7. The number of amides is 1. The van der Waals surface area contributed by atoms with Crippen LogP contribution < -0.4 is 5.32 Å². The highest BCUT2D eigenvalue weighted by Gasteiger charge is 2.29. The Hall–Kier alpha value is -2.41. The molecule has 0 atom stereocenters. The van der Waals surface area contributed by atoms with Crippen LogP contribution in [0.4, 0.5) is 5.69 Å². The maximum Gasteiger partial charge on any atom is 0.326 e. The molecule has 0 aliphatic carbocycles. The van der Waals surface area contributed by atoms with E-state index in [4.69, 9.17) is 21.1 Å². The Morgan fingerprint density at radius 3 is 2.15 bits per heavy atom. The van der Waals surface area contributed by atoms with E-state index in [1.165, 1.54) is 0 Å². The molecule has 0 saturated heterocycles. The van der Waals surface area contributed by atoms with Crippen LogP contribution in [0.3, 0.4) is 0 Å². The average Bonchev–Trinajstić information content (AvgIpc) is 2.55. The minimum absolute atomic E-state index is 0.118. The van der Waals surface area contributed by atoms with Crippen molar-refractivity contribution >= 4 is 41.3 Å². The molecule has 0 heterocycles. The van der Waals surface area contributed by atoms with Crippen molar-refractivity contribution < 1.29 is 23.9 Å². The molecule has 7 nitrogen and oxygen atoms in total. The molecule has 1 N–H and O–H groups in total. The van der Waals surface area contributed by atoms with Gasteiger partial charge in [-0.25, -0.2) is 0 Å². The van der Waals surface area contributed by atoms with Crippen molar-refractivity contribution in [1.29, 1.82) is 0 Å². The number of hydrogen-bond donors (Lipinski definition) is 1. The number of halogens is 1. The highest BCUT2D eigenvalue weighted by Crippen LogP contribution is 2.28. The van der Waals surface area contributed by atoms with E-state index in [2.05, 4.69) is 10.3 Å². The van der Waals surface area contributed by atoms with Gasteiger partial charge < -0.3 is 14.8 Å². The van der Waals surface area contributed by atoms with Gasteiger partial charge in [0.2, 0.25) is 0 Å². The van der Waals surface area contributed by atoms with Crippen LogP contribution in [0.5, 0.6) is 0 Å². The lowest BCUT2D eigenvalue weighted by Gasteiger charge is -2.15. The van der Waals surface area contributed by atoms with E-state index in [9.17, 15) is 14.4 Å². The number of nitrogens with one attached hydrogen (secondary N) is 1. The lowest BCUT2D eigenvalue weighted by Crippen LogP contribution is -2.32. The number of nitrogens with zero attached hydrogens (tertiary/aromatic N) is 1. The van der Waals surface area contributed by atoms with Crippen LogP contribution in [0.2, 0.25) is 5.02 Å². The highest BCUT2D eigenvalue weighted by molar-refractivity contribution is 6.36. The predicted octanol–water partition coefficient (Wildman–Crippen LogP) is 3.31. The van der Waals surface area contributed by atoms with Crippen LogP contribution in [0.1, 0.15) is 45.0 Å². The van der Waals surface area contributed by atoms with Gasteiger partial charge in [-0.05, 0) is 46.8 Å². The molecule has 1 amide bonds. The maximum absolute atomic E-state index is 12.2. The molecule has 0 aliphatic heterocycles. The van der Waals surface area contributed by atoms with E-state index < -0.39 is 30.1 Å². The van der Waals surface area contributed by atoms with Crippen LogP contribution >= 0.6 is 11.6 Å². The van der Waals surface area contributed by atoms with Crippen LogP contribution in [0.15, 0.2) is 23.2 Å². The van der Waals surface area contributed by atoms with Gasteiger partial charge in [0, 0.05) is 12.8 Å². The molecule has 0 radical (unpaired) electrons. The number of aliphatic imine (C=N–C) groups is 1. The van der Waals surface area contributed by atoms with Crippen LogP contribution in [-0.4, -0.2) is 42.8 Å². The lowest BCUT2D eigenvalue weighted by molar-refractivity contribution is -0.162. The summed E-state index contributed by atoms with van der Waals surface area (Å²) in [6.07, 6.45) is 0.327. The Morgan fingerprint density at radius 1 is 1.11 bits per heavy atom. The number of benzene rings is 1. The third-order valence-electron chi connectivity index (χ3n) is 3.13. The van der Waals surface area contributed by atoms with Gasteiger partial charge in [0.05, 0.1) is 28.5 Å². The summed E-state index contributed by atoms with van der Waals surface area (Å²) in [5.41, 5.74) is 0.499. The Bertz CT molecular complexity index is 694. The summed E-state index contributed by atoms with van der Waals surface area (Å²) in [5, 5.41) is 2.77. The van der Waals surface area contributed by atoms with Crippen molar-refractivity contribution in [2.45, 2.75) is 46.8 Å². The third-order valence-corrected chi connectivity index (χ3v) is 3.53. The van der Waals surface area contributed by atoms with Gasteiger partial charge in [0.25, 0.3) is 5.91 Å². The van der Waals surface area contributed by atoms with E-state index in [1.54, 1.807) is 52.8 Å². The van der Waals surface area contributed by atoms with Crippen molar-refractivity contribution in [2.75, 3.05) is 6.54 Å². The fourth-order valence-corrected chi connectivity index (χ4v) is 2.30. The zero-order chi connectivity index (χ0) is 20.6. The van der Waals surface area contributed by atoms with Crippen molar-refractivity contribution in [1.82, 2.24) is 5.32 Å². The second-order valence-electron chi connectivity index (χ2n) is 6.23. The van der Waals surface area contributed by atoms with Crippen molar-refractivity contribution in [2.24, 2.45) is 10.9 Å². The topological polar surface area (TPSA) is 94.1 Å². The monoisotopic (exact) mass is 396 g/mol. The number of carbonyl (C=O) groups is 3. The molecule has 148 valence electrons. The first-order valence-corrected chi connectivity index (χ1v) is 9.07. The molecule has 0 aromatic heterocycles. The third kappa shape index (κ3) is 7.02. The number of rotatable bonds is 8. The average molecular weight is 397 g/mol. The molecule has 27 heavy (non-hydrogen) atoms. The van der Waals surface area contributed by atoms with Crippen LogP contribution in [-0.2, 0) is 19.1 Å². The summed E-state index contributed by atoms with van der Waals surface area (Å²) in [4.78, 5) is 40.6. The van der Waals surface area contributed by atoms with Gasteiger partial charge >= 0.3 is 11.9 Å². The molecule has 1 aromatic rings. The quantitative estimate of drug-likeness (QED) is 0.413. The van der Waals surface area contributed by atoms with E-state index >= 15 is 0 Å². The molecule has 0 saturated carbocycles. The summed E-state index contributed by atoms with van der Waals surface area (Å²) in [6, 6.07) is 4.74. The molecular weight excluding hydrogens is 372 g/mol. The number of ether oxygens (including phenoxy) is 2. The number of esters is 2. The summed E-state index contributed by atoms with van der Waals surface area (Å²) in [6.45, 7) is 8.93. The lowest BCUT2D eigenvalue weighted by atomic mass is 10.1. The Balaban J connectivity index is 3.15. The van der Waals surface area contributed by atoms with Crippen molar-refractivity contribution in [3.8, 4) is 0 Å². The maximum atomic E-state index is 12.2. The van der Waals surface area contributed by atoms with Crippen molar-refractivity contribution in [3.05, 3.63) is 28.8 Å². The zero-order valence-corrected chi connectivity index (χ0v) is 16.9. The summed E-state index contributed by atoms with van der Waals surface area (Å²) < 4.78 is 10.2. The minimum atomic E-state index is -1.33. The predicted molar refractivity (Wildman–Crippen MR) is 104 cm³/mol. The molecular formula is C19H25ClN2O5. The molecule has 0 fully saturated rings. The number of carbonyl (C=O) groups excluding carboxylic acids is 3. The van der Waals surface area contributed by atoms with Gasteiger partial charge in [-0.15, -0.1) is 0 Å². The summed E-state index contributed by atoms with van der Waals surface area (Å²) in [5.74, 6) is -3.21. The van der Waals surface area contributed by atoms with Gasteiger partial charge in [0.1, 0.15) is 0 Å². The normalized spacial score (nSPS) is 11.3. The van der Waals surface area contributed by atoms with E-state index in [-0.39, 0.29) is 22.2 Å². The molecule has 1 aromatic carbocycles. The Morgan fingerprint density at radius 2 is 1.67 bits per heavy atom. The molecule has 0 aliphatic rings. The standard InChI is InChI=1S/C19H25ClN2O5/c1-6-21-17(23)13-8-7-9-15(16(13)20)22-10-14(18(24)26-11(2)3)19(25)27-12(4)5/h7-12,14H,6H2,1-5H3,(H,21,23). The second-order valence-corrected chi connectivity index (χ2v) is 6.60. The Labute approximate surface area is 164 Å². The first kappa shape index (κ1) is 22.6. The molecule has 0 bridgehead atoms. The van der Waals surface area contributed by atoms with Gasteiger partial charge in [-0.2, -0.15) is 0 Å². The SMILES string of the molecule is CCNC(=O)c1cccc(N=CC(C(=O)OC(C)C)C(=O)OC(C)C)c1Cl. The van der Waals surface area contributed by atoms with Gasteiger partial charge in [-0.1, -0.05) is 17.7 Å². The molecule has 1 rings (SSSR count). The highest BCUT2D eigenvalue weighted by atomic mass is 35.5. The van der Waals surface area contributed by atoms with Gasteiger partial charge in [0.15, 0.2) is 5.92 Å². The first-order chi connectivity index (χ1) is 12.7. The van der Waals surface area contributed by atoms with Crippen molar-refractivity contribution in [3.63, 3.8) is 0 Å². The first-order valence-electron chi connectivity index (χ1n) is 8.69. The summed E-state index contributed by atoms with van der Waals surface area (Å²) in [7, 11) is 0. The van der Waals surface area contributed by atoms with Gasteiger partial charge in [-0.3, -0.25) is 19.4 Å². The fourth-order valence-electron chi connectivity index (χ4n) is 2.03. The van der Waals surface area contributed by atoms with E-state index in [0.29, 0.717) is 6.54 Å². The van der Waals surface area contributed by atoms with Crippen LogP contribution in [0, 0.1) is 5.92 Å². The molecule has 0 spiro atoms. The van der Waals surface area contributed by atoms with E-state index in [0.717, 1.165) is 6.21 Å². The molecule has 0 unspecified atom stereocenters. The Kier molecular flexibility index (Phi) is 8.94. The molecule has 8 heteroatoms. The largest absolute Gasteiger partial charge is 0.462 e. The van der Waals surface area contributed by atoms with E-state index in [1.807, 2.05) is 0 Å². The van der Waals surface area contributed by atoms with Crippen LogP contribution in [0.25, 0.3) is 0 Å². The number of hydrogen-bond acceptors (Lipinski definition) is 6. The minimum Gasteiger partial charge on any atom is -0.462 e. The smallest absolute Gasteiger partial charge is 0.326 e. The fraction of sp³-hybridized carbons (Fsp3) is 0.474. The summed E-state index contributed by atoms with van der Waals surface area (Å²) >= 11 is 6.24. The zero-order valence-electron chi connectivity index (χ0n) is 16.1.